The van der Waals surface area contributed by atoms with Crippen molar-refractivity contribution < 1.29 is 23.0 Å². The zero-order valence-corrected chi connectivity index (χ0v) is 11.2. The maximum atomic E-state index is 12.0. The molecule has 7 heteroatoms. The predicted octanol–water partition coefficient (Wildman–Crippen LogP) is 2.33. The van der Waals surface area contributed by atoms with E-state index in [9.17, 15) is 13.6 Å². The summed E-state index contributed by atoms with van der Waals surface area (Å²) in [6.07, 6.45) is -1.04. The molecule has 0 atom stereocenters. The number of nitrogens with zero attached hydrogens (tertiary/aromatic N) is 2. The second kappa shape index (κ2) is 7.18. The highest BCUT2D eigenvalue weighted by atomic mass is 19.3. The number of carbonyl (C=O) groups is 1. The Morgan fingerprint density at radius 1 is 1.47 bits per heavy atom. The number of Topliss-reactive ketones (excluding diaryl/α,β-unsaturated/α-hetero) is 1. The van der Waals surface area contributed by atoms with Gasteiger partial charge in [-0.15, -0.1) is 0 Å². The summed E-state index contributed by atoms with van der Waals surface area (Å²) >= 11 is 0. The molecule has 0 radical (unpaired) electrons. The Kier molecular flexibility index (Phi) is 5.88. The molecule has 0 bridgehead atoms. The van der Waals surface area contributed by atoms with Crippen molar-refractivity contribution in [2.75, 3.05) is 20.3 Å². The lowest BCUT2D eigenvalue weighted by Crippen LogP contribution is -2.16. The van der Waals surface area contributed by atoms with E-state index in [0.717, 1.165) is 0 Å². The maximum Gasteiger partial charge on any atom is 0.261 e. The van der Waals surface area contributed by atoms with Crippen molar-refractivity contribution >= 4 is 5.78 Å². The van der Waals surface area contributed by atoms with Crippen LogP contribution in [0, 0.1) is 0 Å². The molecule has 0 aromatic carbocycles. The second-order valence-corrected chi connectivity index (χ2v) is 4.24. The number of hydrogen-bond acceptors (Lipinski definition) is 4. The largest absolute Gasteiger partial charge is 0.493 e. The van der Waals surface area contributed by atoms with Crippen molar-refractivity contribution in [3.05, 3.63) is 11.9 Å². The van der Waals surface area contributed by atoms with Crippen molar-refractivity contribution in [1.29, 1.82) is 0 Å². The van der Waals surface area contributed by atoms with Crippen LogP contribution in [0.4, 0.5) is 8.78 Å². The number of aromatic nitrogens is 2. The Balaban J connectivity index is 2.67. The summed E-state index contributed by atoms with van der Waals surface area (Å²) in [6, 6.07) is 0.00447. The third kappa shape index (κ3) is 4.27. The molecule has 1 aromatic rings. The first-order valence-corrected chi connectivity index (χ1v) is 5.98. The average Bonchev–Trinajstić information content (AvgIpc) is 2.77. The molecule has 0 amide bonds. The van der Waals surface area contributed by atoms with Crippen molar-refractivity contribution in [2.24, 2.45) is 0 Å². The normalized spacial score (nSPS) is 11.3. The van der Waals surface area contributed by atoms with E-state index in [4.69, 9.17) is 9.47 Å². The minimum absolute atomic E-state index is 0.00447. The van der Waals surface area contributed by atoms with Gasteiger partial charge in [-0.05, 0) is 13.8 Å². The smallest absolute Gasteiger partial charge is 0.261 e. The van der Waals surface area contributed by atoms with Crippen LogP contribution in [0.25, 0.3) is 0 Å². The molecule has 0 aliphatic rings. The lowest BCUT2D eigenvalue weighted by atomic mass is 10.2. The summed E-state index contributed by atoms with van der Waals surface area (Å²) in [4.78, 5) is 12.0. The van der Waals surface area contributed by atoms with Gasteiger partial charge in [0.1, 0.15) is 12.3 Å². The van der Waals surface area contributed by atoms with Gasteiger partial charge >= 0.3 is 0 Å². The molecule has 0 N–H and O–H groups in total. The van der Waals surface area contributed by atoms with Crippen LogP contribution in [-0.4, -0.2) is 42.3 Å². The summed E-state index contributed by atoms with van der Waals surface area (Å²) in [5.74, 6) is 0.143. The third-order valence-electron chi connectivity index (χ3n) is 2.45. The van der Waals surface area contributed by atoms with Gasteiger partial charge in [-0.25, -0.2) is 8.78 Å². The summed E-state index contributed by atoms with van der Waals surface area (Å²) in [6.45, 7) is 3.07. The predicted molar refractivity (Wildman–Crippen MR) is 64.9 cm³/mol. The van der Waals surface area contributed by atoms with Gasteiger partial charge in [0.05, 0.1) is 19.9 Å². The summed E-state index contributed by atoms with van der Waals surface area (Å²) in [5.41, 5.74) is 0.346. The molecule has 19 heavy (non-hydrogen) atoms. The Hall–Kier alpha value is -1.50. The van der Waals surface area contributed by atoms with Crippen LogP contribution < -0.4 is 4.74 Å². The fourth-order valence-electron chi connectivity index (χ4n) is 1.61. The van der Waals surface area contributed by atoms with Crippen molar-refractivity contribution in [3.63, 3.8) is 0 Å². The fourth-order valence-corrected chi connectivity index (χ4v) is 1.61. The number of ether oxygens (including phenoxy) is 2. The van der Waals surface area contributed by atoms with Crippen molar-refractivity contribution in [2.45, 2.75) is 32.7 Å². The first kappa shape index (κ1) is 15.6. The lowest BCUT2D eigenvalue weighted by molar-refractivity contribution is 0.0168. The van der Waals surface area contributed by atoms with Gasteiger partial charge in [0, 0.05) is 12.5 Å². The monoisotopic (exact) mass is 276 g/mol. The molecule has 5 nitrogen and oxygen atoms in total. The van der Waals surface area contributed by atoms with Crippen LogP contribution in [0.3, 0.4) is 0 Å². The highest BCUT2D eigenvalue weighted by molar-refractivity contribution is 5.97. The van der Waals surface area contributed by atoms with E-state index in [2.05, 4.69) is 5.10 Å². The molecular formula is C12H18F2N2O3. The van der Waals surface area contributed by atoms with Crippen LogP contribution in [0.2, 0.25) is 0 Å². The molecule has 1 aromatic heterocycles. The van der Waals surface area contributed by atoms with E-state index < -0.39 is 13.0 Å². The molecule has 0 aliphatic carbocycles. The van der Waals surface area contributed by atoms with E-state index in [-0.39, 0.29) is 24.9 Å². The van der Waals surface area contributed by atoms with Crippen LogP contribution in [0.1, 0.15) is 36.8 Å². The fraction of sp³-hybridized carbons (Fsp3) is 0.667. The van der Waals surface area contributed by atoms with Crippen LogP contribution in [0.15, 0.2) is 6.20 Å². The minimum Gasteiger partial charge on any atom is -0.493 e. The molecule has 1 heterocycles. The van der Waals surface area contributed by atoms with E-state index in [0.29, 0.717) is 11.4 Å². The average molecular weight is 276 g/mol. The molecule has 0 fully saturated rings. The van der Waals surface area contributed by atoms with Gasteiger partial charge in [0.2, 0.25) is 0 Å². The number of carbonyl (C=O) groups excluding carboxylic acids is 1. The van der Waals surface area contributed by atoms with E-state index >= 15 is 0 Å². The first-order chi connectivity index (χ1) is 8.97. The molecule has 108 valence electrons. The van der Waals surface area contributed by atoms with Crippen LogP contribution in [-0.2, 0) is 4.74 Å². The molecule has 0 spiro atoms. The summed E-state index contributed by atoms with van der Waals surface area (Å²) < 4.78 is 35.1. The highest BCUT2D eigenvalue weighted by Gasteiger charge is 2.20. The Morgan fingerprint density at radius 3 is 2.68 bits per heavy atom. The van der Waals surface area contributed by atoms with Gasteiger partial charge in [-0.1, -0.05) is 0 Å². The molecule has 0 saturated heterocycles. The van der Waals surface area contributed by atoms with Gasteiger partial charge in [-0.3, -0.25) is 9.48 Å². The molecule has 0 unspecified atom stereocenters. The number of alkyl halides is 2. The van der Waals surface area contributed by atoms with Gasteiger partial charge in [0.15, 0.2) is 11.5 Å². The SMILES string of the molecule is COc1cnn(C(C)C)c1C(=O)CCOCC(F)F. The highest BCUT2D eigenvalue weighted by Crippen LogP contribution is 2.22. The number of rotatable bonds is 8. The number of hydrogen-bond donors (Lipinski definition) is 0. The number of ketones is 1. The second-order valence-electron chi connectivity index (χ2n) is 4.24. The van der Waals surface area contributed by atoms with Crippen molar-refractivity contribution in [1.82, 2.24) is 9.78 Å². The van der Waals surface area contributed by atoms with E-state index in [1.54, 1.807) is 4.68 Å². The van der Waals surface area contributed by atoms with Gasteiger partial charge in [0.25, 0.3) is 6.43 Å². The van der Waals surface area contributed by atoms with Crippen molar-refractivity contribution in [3.8, 4) is 5.75 Å². The first-order valence-electron chi connectivity index (χ1n) is 5.98. The quantitative estimate of drug-likeness (QED) is 0.540. The van der Waals surface area contributed by atoms with Gasteiger partial charge in [-0.2, -0.15) is 5.10 Å². The van der Waals surface area contributed by atoms with Gasteiger partial charge < -0.3 is 9.47 Å². The minimum atomic E-state index is -2.52. The number of methoxy groups -OCH3 is 1. The summed E-state index contributed by atoms with van der Waals surface area (Å²) in [5, 5.41) is 4.07. The Bertz CT molecular complexity index is 419. The van der Waals surface area contributed by atoms with Crippen LogP contribution >= 0.6 is 0 Å². The van der Waals surface area contributed by atoms with E-state index in [1.807, 2.05) is 13.8 Å². The van der Waals surface area contributed by atoms with E-state index in [1.165, 1.54) is 13.3 Å². The molecule has 0 saturated carbocycles. The Morgan fingerprint density at radius 2 is 2.16 bits per heavy atom. The zero-order valence-electron chi connectivity index (χ0n) is 11.2. The molecule has 0 aliphatic heterocycles. The Labute approximate surface area is 110 Å². The lowest BCUT2D eigenvalue weighted by Gasteiger charge is -2.11. The maximum absolute atomic E-state index is 12.0. The zero-order chi connectivity index (χ0) is 14.4. The third-order valence-corrected chi connectivity index (χ3v) is 2.45. The summed E-state index contributed by atoms with van der Waals surface area (Å²) in [7, 11) is 1.45. The standard InChI is InChI=1S/C12H18F2N2O3/c1-8(2)16-12(10(18-3)6-15-16)9(17)4-5-19-7-11(13)14/h6,8,11H,4-5,7H2,1-3H3. The van der Waals surface area contributed by atoms with Crippen LogP contribution in [0.5, 0.6) is 5.75 Å². The topological polar surface area (TPSA) is 53.4 Å². The number of halogens is 2. The molecule has 1 rings (SSSR count). The molecular weight excluding hydrogens is 258 g/mol.